The van der Waals surface area contributed by atoms with Crippen LogP contribution in [-0.4, -0.2) is 20.9 Å². The van der Waals surface area contributed by atoms with Crippen LogP contribution in [0.15, 0.2) is 48.5 Å². The van der Waals surface area contributed by atoms with Gasteiger partial charge in [-0.3, -0.25) is 4.79 Å². The molecule has 0 spiro atoms. The molecule has 1 N–H and O–H groups in total. The van der Waals surface area contributed by atoms with E-state index in [1.165, 1.54) is 16.8 Å². The number of alkyl halides is 3. The highest BCUT2D eigenvalue weighted by Crippen LogP contribution is 2.30. The van der Waals surface area contributed by atoms with E-state index < -0.39 is 17.6 Å². The summed E-state index contributed by atoms with van der Waals surface area (Å²) in [4.78, 5) is 12.4. The van der Waals surface area contributed by atoms with Crippen molar-refractivity contribution in [3.05, 3.63) is 70.5 Å². The predicted molar refractivity (Wildman–Crippen MR) is 90.5 cm³/mol. The molecule has 0 atom stereocenters. The Morgan fingerprint density at radius 3 is 2.58 bits per heavy atom. The van der Waals surface area contributed by atoms with Crippen molar-refractivity contribution in [2.75, 3.05) is 5.32 Å². The van der Waals surface area contributed by atoms with Crippen molar-refractivity contribution in [1.82, 2.24) is 15.0 Å². The van der Waals surface area contributed by atoms with Crippen LogP contribution in [0.25, 0.3) is 5.69 Å². The molecule has 0 aliphatic heterocycles. The van der Waals surface area contributed by atoms with Gasteiger partial charge in [0.05, 0.1) is 16.9 Å². The van der Waals surface area contributed by atoms with E-state index in [1.807, 2.05) is 0 Å². The molecule has 0 fully saturated rings. The number of nitrogens with one attached hydrogen (secondary N) is 1. The van der Waals surface area contributed by atoms with Gasteiger partial charge < -0.3 is 5.32 Å². The summed E-state index contributed by atoms with van der Waals surface area (Å²) in [6, 6.07) is 11.2. The second-order valence-electron chi connectivity index (χ2n) is 5.45. The molecule has 0 saturated heterocycles. The predicted octanol–water partition coefficient (Wildman–Crippen LogP) is 4.50. The third-order valence-electron chi connectivity index (χ3n) is 3.61. The van der Waals surface area contributed by atoms with E-state index in [0.717, 1.165) is 12.1 Å². The topological polar surface area (TPSA) is 59.8 Å². The summed E-state index contributed by atoms with van der Waals surface area (Å²) in [6.07, 6.45) is -4.47. The number of nitrogens with zero attached hydrogens (tertiary/aromatic N) is 3. The molecule has 2 aromatic carbocycles. The first-order valence-corrected chi connectivity index (χ1v) is 7.80. The Kier molecular flexibility index (Phi) is 4.69. The number of halogens is 4. The van der Waals surface area contributed by atoms with E-state index in [4.69, 9.17) is 11.6 Å². The van der Waals surface area contributed by atoms with Crippen molar-refractivity contribution in [3.63, 3.8) is 0 Å². The van der Waals surface area contributed by atoms with E-state index in [-0.39, 0.29) is 11.4 Å². The first-order valence-electron chi connectivity index (χ1n) is 7.42. The third kappa shape index (κ3) is 3.70. The Morgan fingerprint density at radius 1 is 1.15 bits per heavy atom. The fourth-order valence-corrected chi connectivity index (χ4v) is 2.55. The van der Waals surface area contributed by atoms with Gasteiger partial charge in [0.1, 0.15) is 0 Å². The molecule has 3 aromatic rings. The first kappa shape index (κ1) is 17.9. The fourth-order valence-electron chi connectivity index (χ4n) is 2.35. The molecule has 0 radical (unpaired) electrons. The molecule has 1 heterocycles. The first-order chi connectivity index (χ1) is 12.3. The smallest absolute Gasteiger partial charge is 0.320 e. The highest BCUT2D eigenvalue weighted by atomic mass is 35.5. The summed E-state index contributed by atoms with van der Waals surface area (Å²) in [5, 5.41) is 10.7. The fraction of sp³-hybridized carbons (Fsp3) is 0.118. The Balaban J connectivity index is 1.90. The van der Waals surface area contributed by atoms with Crippen LogP contribution in [0.4, 0.5) is 18.9 Å². The van der Waals surface area contributed by atoms with Crippen LogP contribution in [0.1, 0.15) is 21.7 Å². The van der Waals surface area contributed by atoms with Gasteiger partial charge in [0.25, 0.3) is 5.91 Å². The van der Waals surface area contributed by atoms with E-state index in [0.29, 0.717) is 16.4 Å². The molecule has 3 rings (SSSR count). The minimum atomic E-state index is -4.47. The van der Waals surface area contributed by atoms with Crippen LogP contribution in [-0.2, 0) is 6.18 Å². The molecule has 1 aromatic heterocycles. The van der Waals surface area contributed by atoms with Crippen LogP contribution >= 0.6 is 11.6 Å². The normalized spacial score (nSPS) is 11.4. The standard InChI is InChI=1S/C17H12ClF3N4O/c1-10-15(16(26)22-13-6-3-5-12(18)9-13)23-24-25(10)14-7-2-4-11(8-14)17(19,20)21/h2-9H,1H3,(H,22,26). The van der Waals surface area contributed by atoms with E-state index in [2.05, 4.69) is 15.6 Å². The lowest BCUT2D eigenvalue weighted by atomic mass is 10.2. The lowest BCUT2D eigenvalue weighted by Gasteiger charge is -2.09. The van der Waals surface area contributed by atoms with Crippen LogP contribution in [0.3, 0.4) is 0 Å². The number of hydrogen-bond donors (Lipinski definition) is 1. The van der Waals surface area contributed by atoms with Gasteiger partial charge in [-0.05, 0) is 43.3 Å². The number of benzene rings is 2. The second-order valence-corrected chi connectivity index (χ2v) is 5.88. The zero-order chi connectivity index (χ0) is 18.9. The number of amides is 1. The van der Waals surface area contributed by atoms with Crippen molar-refractivity contribution >= 4 is 23.2 Å². The monoisotopic (exact) mass is 380 g/mol. The molecule has 0 aliphatic carbocycles. The maximum Gasteiger partial charge on any atom is 0.416 e. The summed E-state index contributed by atoms with van der Waals surface area (Å²) in [5.74, 6) is -0.539. The minimum absolute atomic E-state index is 0.00221. The van der Waals surface area contributed by atoms with Gasteiger partial charge in [0, 0.05) is 10.7 Å². The van der Waals surface area contributed by atoms with Crippen molar-refractivity contribution in [1.29, 1.82) is 0 Å². The van der Waals surface area contributed by atoms with Crippen molar-refractivity contribution < 1.29 is 18.0 Å². The average molecular weight is 381 g/mol. The van der Waals surface area contributed by atoms with Crippen LogP contribution in [0, 0.1) is 6.92 Å². The summed E-state index contributed by atoms with van der Waals surface area (Å²) < 4.78 is 39.8. The maximum absolute atomic E-state index is 12.9. The molecule has 0 aliphatic rings. The molecule has 26 heavy (non-hydrogen) atoms. The SMILES string of the molecule is Cc1c(C(=O)Nc2cccc(Cl)c2)nnn1-c1cccc(C(F)(F)F)c1. The summed E-state index contributed by atoms with van der Waals surface area (Å²) in [7, 11) is 0. The van der Waals surface area contributed by atoms with Crippen LogP contribution < -0.4 is 5.32 Å². The number of carbonyl (C=O) groups excluding carboxylic acids is 1. The zero-order valence-corrected chi connectivity index (χ0v) is 14.1. The lowest BCUT2D eigenvalue weighted by molar-refractivity contribution is -0.137. The molecular formula is C17H12ClF3N4O. The van der Waals surface area contributed by atoms with Gasteiger partial charge in [-0.25, -0.2) is 4.68 Å². The van der Waals surface area contributed by atoms with Crippen molar-refractivity contribution in [2.45, 2.75) is 13.1 Å². The quantitative estimate of drug-likeness (QED) is 0.727. The van der Waals surface area contributed by atoms with Crippen LogP contribution in [0.5, 0.6) is 0 Å². The number of carbonyl (C=O) groups is 1. The van der Waals surface area contributed by atoms with Gasteiger partial charge in [-0.1, -0.05) is 28.9 Å². The van der Waals surface area contributed by atoms with E-state index >= 15 is 0 Å². The van der Waals surface area contributed by atoms with Crippen molar-refractivity contribution in [2.24, 2.45) is 0 Å². The lowest BCUT2D eigenvalue weighted by Crippen LogP contribution is -2.14. The Bertz CT molecular complexity index is 969. The Morgan fingerprint density at radius 2 is 1.88 bits per heavy atom. The molecule has 0 saturated carbocycles. The number of aromatic nitrogens is 3. The van der Waals surface area contributed by atoms with Gasteiger partial charge in [-0.15, -0.1) is 5.10 Å². The molecule has 134 valence electrons. The summed E-state index contributed by atoms with van der Waals surface area (Å²) in [6.45, 7) is 1.55. The van der Waals surface area contributed by atoms with Gasteiger partial charge in [0.15, 0.2) is 5.69 Å². The van der Waals surface area contributed by atoms with E-state index in [9.17, 15) is 18.0 Å². The van der Waals surface area contributed by atoms with E-state index in [1.54, 1.807) is 31.2 Å². The molecular weight excluding hydrogens is 369 g/mol. The second kappa shape index (κ2) is 6.80. The van der Waals surface area contributed by atoms with Gasteiger partial charge in [0.2, 0.25) is 0 Å². The molecule has 0 bridgehead atoms. The highest BCUT2D eigenvalue weighted by Gasteiger charge is 2.31. The van der Waals surface area contributed by atoms with Gasteiger partial charge >= 0.3 is 6.18 Å². The largest absolute Gasteiger partial charge is 0.416 e. The average Bonchev–Trinajstić information content (AvgIpc) is 2.96. The summed E-state index contributed by atoms with van der Waals surface area (Å²) >= 11 is 5.87. The minimum Gasteiger partial charge on any atom is -0.320 e. The molecule has 0 unspecified atom stereocenters. The Hall–Kier alpha value is -2.87. The van der Waals surface area contributed by atoms with Gasteiger partial charge in [-0.2, -0.15) is 13.2 Å². The summed E-state index contributed by atoms with van der Waals surface area (Å²) in [5.41, 5.74) is 0.128. The molecule has 9 heteroatoms. The van der Waals surface area contributed by atoms with Crippen LogP contribution in [0.2, 0.25) is 5.02 Å². The maximum atomic E-state index is 12.9. The Labute approximate surface area is 151 Å². The number of hydrogen-bond acceptors (Lipinski definition) is 3. The number of anilines is 1. The van der Waals surface area contributed by atoms with Crippen molar-refractivity contribution in [3.8, 4) is 5.69 Å². The molecule has 1 amide bonds. The third-order valence-corrected chi connectivity index (χ3v) is 3.85. The number of rotatable bonds is 3. The zero-order valence-electron chi connectivity index (χ0n) is 13.4. The highest BCUT2D eigenvalue weighted by molar-refractivity contribution is 6.30. The molecule has 5 nitrogen and oxygen atoms in total.